The maximum atomic E-state index is 12.1. The van der Waals surface area contributed by atoms with Gasteiger partial charge in [-0.1, -0.05) is 37.0 Å². The monoisotopic (exact) mass is 273 g/mol. The highest BCUT2D eigenvalue weighted by Gasteiger charge is 2.29. The second kappa shape index (κ2) is 5.85. The second-order valence-electron chi connectivity index (χ2n) is 4.20. The minimum absolute atomic E-state index is 0.00617. The summed E-state index contributed by atoms with van der Waals surface area (Å²) in [6, 6.07) is 5.11. The van der Waals surface area contributed by atoms with Gasteiger partial charge in [0.1, 0.15) is 0 Å². The largest absolute Gasteiger partial charge is 0.319 e. The van der Waals surface area contributed by atoms with Crippen LogP contribution in [0.2, 0.25) is 10.0 Å². The SMILES string of the molecule is CCC(N)(CC)C(=O)Cc1cc(Cl)ccc1Cl. The first-order valence-corrected chi connectivity index (χ1v) is 6.44. The molecule has 94 valence electrons. The van der Waals surface area contributed by atoms with Crippen LogP contribution in [0.4, 0.5) is 0 Å². The smallest absolute Gasteiger partial charge is 0.157 e. The fraction of sp³-hybridized carbons (Fsp3) is 0.462. The fourth-order valence-electron chi connectivity index (χ4n) is 1.67. The normalized spacial score (nSPS) is 11.6. The van der Waals surface area contributed by atoms with Gasteiger partial charge in [0.15, 0.2) is 5.78 Å². The number of carbonyl (C=O) groups is 1. The lowest BCUT2D eigenvalue weighted by Crippen LogP contribution is -2.47. The van der Waals surface area contributed by atoms with Gasteiger partial charge in [-0.3, -0.25) is 4.79 Å². The van der Waals surface area contributed by atoms with Crippen molar-refractivity contribution >= 4 is 29.0 Å². The molecular weight excluding hydrogens is 257 g/mol. The number of carbonyl (C=O) groups excluding carboxylic acids is 1. The van der Waals surface area contributed by atoms with E-state index in [1.165, 1.54) is 0 Å². The molecule has 2 N–H and O–H groups in total. The molecule has 1 aromatic rings. The number of nitrogens with two attached hydrogens (primary N) is 1. The van der Waals surface area contributed by atoms with Gasteiger partial charge in [-0.05, 0) is 36.6 Å². The van der Waals surface area contributed by atoms with Crippen molar-refractivity contribution in [2.45, 2.75) is 38.6 Å². The first-order chi connectivity index (χ1) is 7.92. The maximum Gasteiger partial charge on any atom is 0.157 e. The Morgan fingerprint density at radius 3 is 2.41 bits per heavy atom. The Kier molecular flexibility index (Phi) is 4.99. The first kappa shape index (κ1) is 14.5. The van der Waals surface area contributed by atoms with Gasteiger partial charge in [-0.25, -0.2) is 0 Å². The summed E-state index contributed by atoms with van der Waals surface area (Å²) in [7, 11) is 0. The van der Waals surface area contributed by atoms with Gasteiger partial charge in [-0.2, -0.15) is 0 Å². The molecule has 0 aliphatic carbocycles. The van der Waals surface area contributed by atoms with Gasteiger partial charge in [0.05, 0.1) is 5.54 Å². The van der Waals surface area contributed by atoms with E-state index in [-0.39, 0.29) is 12.2 Å². The lowest BCUT2D eigenvalue weighted by Gasteiger charge is -2.25. The van der Waals surface area contributed by atoms with Crippen molar-refractivity contribution < 1.29 is 4.79 Å². The number of ketones is 1. The average Bonchev–Trinajstić information content (AvgIpc) is 2.32. The summed E-state index contributed by atoms with van der Waals surface area (Å²) < 4.78 is 0. The van der Waals surface area contributed by atoms with Crippen LogP contribution in [0.15, 0.2) is 18.2 Å². The maximum absolute atomic E-state index is 12.1. The van der Waals surface area contributed by atoms with Crippen molar-refractivity contribution in [3.05, 3.63) is 33.8 Å². The third-order valence-electron chi connectivity index (χ3n) is 3.18. The molecule has 0 aliphatic heterocycles. The third kappa shape index (κ3) is 3.44. The van der Waals surface area contributed by atoms with E-state index in [1.807, 2.05) is 13.8 Å². The molecule has 0 aromatic heterocycles. The van der Waals surface area contributed by atoms with Crippen LogP contribution in [-0.4, -0.2) is 11.3 Å². The average molecular weight is 274 g/mol. The summed E-state index contributed by atoms with van der Waals surface area (Å²) in [5.41, 5.74) is 6.03. The van der Waals surface area contributed by atoms with Crippen molar-refractivity contribution in [2.75, 3.05) is 0 Å². The van der Waals surface area contributed by atoms with Crippen LogP contribution in [0.5, 0.6) is 0 Å². The Bertz CT molecular complexity index is 414. The minimum Gasteiger partial charge on any atom is -0.319 e. The lowest BCUT2D eigenvalue weighted by atomic mass is 9.86. The van der Waals surface area contributed by atoms with Crippen LogP contribution in [0, 0.1) is 0 Å². The molecule has 0 radical (unpaired) electrons. The van der Waals surface area contributed by atoms with Crippen molar-refractivity contribution in [1.82, 2.24) is 0 Å². The van der Waals surface area contributed by atoms with Gasteiger partial charge < -0.3 is 5.73 Å². The molecule has 0 spiro atoms. The molecule has 4 heteroatoms. The molecule has 0 bridgehead atoms. The molecule has 0 aliphatic rings. The van der Waals surface area contributed by atoms with E-state index < -0.39 is 5.54 Å². The van der Waals surface area contributed by atoms with E-state index >= 15 is 0 Å². The number of hydrogen-bond donors (Lipinski definition) is 1. The zero-order valence-electron chi connectivity index (χ0n) is 10.1. The van der Waals surface area contributed by atoms with Gasteiger partial charge in [-0.15, -0.1) is 0 Å². The van der Waals surface area contributed by atoms with Crippen LogP contribution < -0.4 is 5.73 Å². The summed E-state index contributed by atoms with van der Waals surface area (Å²) in [4.78, 5) is 12.1. The fourth-order valence-corrected chi connectivity index (χ4v) is 2.05. The van der Waals surface area contributed by atoms with Gasteiger partial charge >= 0.3 is 0 Å². The Hall–Kier alpha value is -0.570. The summed E-state index contributed by atoms with van der Waals surface area (Å²) >= 11 is 11.9. The van der Waals surface area contributed by atoms with Crippen molar-refractivity contribution in [1.29, 1.82) is 0 Å². The lowest BCUT2D eigenvalue weighted by molar-refractivity contribution is -0.123. The first-order valence-electron chi connectivity index (χ1n) is 5.69. The van der Waals surface area contributed by atoms with Gasteiger partial charge in [0.25, 0.3) is 0 Å². The molecule has 0 fully saturated rings. The predicted molar refractivity (Wildman–Crippen MR) is 72.7 cm³/mol. The van der Waals surface area contributed by atoms with E-state index in [0.717, 1.165) is 5.56 Å². The number of benzene rings is 1. The highest BCUT2D eigenvalue weighted by molar-refractivity contribution is 6.33. The molecule has 0 atom stereocenters. The topological polar surface area (TPSA) is 43.1 Å². The standard InChI is InChI=1S/C13H17Cl2NO/c1-3-13(16,4-2)12(17)8-9-7-10(14)5-6-11(9)15/h5-7H,3-4,8,16H2,1-2H3. The summed E-state index contributed by atoms with van der Waals surface area (Å²) in [6.45, 7) is 3.84. The van der Waals surface area contributed by atoms with E-state index in [9.17, 15) is 4.79 Å². The van der Waals surface area contributed by atoms with Crippen LogP contribution in [-0.2, 0) is 11.2 Å². The zero-order valence-corrected chi connectivity index (χ0v) is 11.6. The van der Waals surface area contributed by atoms with E-state index in [4.69, 9.17) is 28.9 Å². The molecule has 0 amide bonds. The quantitative estimate of drug-likeness (QED) is 0.891. The van der Waals surface area contributed by atoms with Gasteiger partial charge in [0.2, 0.25) is 0 Å². The molecule has 17 heavy (non-hydrogen) atoms. The van der Waals surface area contributed by atoms with E-state index in [1.54, 1.807) is 18.2 Å². The van der Waals surface area contributed by atoms with Crippen LogP contribution >= 0.6 is 23.2 Å². The molecule has 0 unspecified atom stereocenters. The van der Waals surface area contributed by atoms with E-state index in [2.05, 4.69) is 0 Å². The highest BCUT2D eigenvalue weighted by atomic mass is 35.5. The van der Waals surface area contributed by atoms with Gasteiger partial charge in [0, 0.05) is 16.5 Å². The van der Waals surface area contributed by atoms with Crippen molar-refractivity contribution in [3.63, 3.8) is 0 Å². The minimum atomic E-state index is -0.758. The number of rotatable bonds is 5. The Balaban J connectivity index is 2.91. The molecule has 1 aromatic carbocycles. The Labute approximate surface area is 112 Å². The zero-order chi connectivity index (χ0) is 13.1. The third-order valence-corrected chi connectivity index (χ3v) is 3.78. The van der Waals surface area contributed by atoms with Crippen molar-refractivity contribution in [2.24, 2.45) is 5.73 Å². The Morgan fingerprint density at radius 1 is 1.29 bits per heavy atom. The van der Waals surface area contributed by atoms with Crippen LogP contribution in [0.1, 0.15) is 32.3 Å². The van der Waals surface area contributed by atoms with Crippen molar-refractivity contribution in [3.8, 4) is 0 Å². The summed E-state index contributed by atoms with van der Waals surface area (Å²) in [6.07, 6.45) is 1.48. The van der Waals surface area contributed by atoms with E-state index in [0.29, 0.717) is 22.9 Å². The molecule has 2 nitrogen and oxygen atoms in total. The number of halogens is 2. The van der Waals surface area contributed by atoms with Crippen LogP contribution in [0.3, 0.4) is 0 Å². The predicted octanol–water partition coefficient (Wildman–Crippen LogP) is 3.62. The molecule has 0 heterocycles. The molecule has 0 saturated heterocycles. The Morgan fingerprint density at radius 2 is 1.88 bits per heavy atom. The molecule has 1 rings (SSSR count). The second-order valence-corrected chi connectivity index (χ2v) is 5.04. The molecular formula is C13H17Cl2NO. The number of hydrogen-bond acceptors (Lipinski definition) is 2. The number of Topliss-reactive ketones (excluding diaryl/α,β-unsaturated/α-hetero) is 1. The van der Waals surface area contributed by atoms with Crippen LogP contribution in [0.25, 0.3) is 0 Å². The summed E-state index contributed by atoms with van der Waals surface area (Å²) in [5, 5.41) is 1.13. The summed E-state index contributed by atoms with van der Waals surface area (Å²) in [5.74, 6) is 0.00617. The molecule has 0 saturated carbocycles. The highest BCUT2D eigenvalue weighted by Crippen LogP contribution is 2.23.